The minimum Gasteiger partial charge on any atom is -0.529 e. The molecule has 21 nitrogen and oxygen atoms in total. The normalized spacial score (nSPS) is 18.8. The summed E-state index contributed by atoms with van der Waals surface area (Å²) in [5.41, 5.74) is -1.16. The van der Waals surface area contributed by atoms with Crippen molar-refractivity contribution >= 4 is 110 Å². The number of carbonyl (C=O) groups excluding carboxylic acids is 6. The third kappa shape index (κ3) is 22.0. The minimum atomic E-state index is -1.89. The highest BCUT2D eigenvalue weighted by molar-refractivity contribution is 6.70. The van der Waals surface area contributed by atoms with Crippen LogP contribution in [0.4, 0.5) is 13.2 Å². The van der Waals surface area contributed by atoms with Crippen molar-refractivity contribution in [3.63, 3.8) is 0 Å². The van der Waals surface area contributed by atoms with Crippen molar-refractivity contribution in [3.05, 3.63) is 196 Å². The molecule has 0 aliphatic carbocycles. The second-order valence-electron chi connectivity index (χ2n) is 20.8. The molecule has 0 saturated carbocycles. The first-order chi connectivity index (χ1) is 41.4. The van der Waals surface area contributed by atoms with Gasteiger partial charge in [-0.15, -0.1) is 0 Å². The number of hydrogen-bond acceptors (Lipinski definition) is 18. The number of nitrogens with one attached hydrogen (secondary N) is 2. The van der Waals surface area contributed by atoms with Crippen LogP contribution in [0.25, 0.3) is 0 Å². The van der Waals surface area contributed by atoms with Gasteiger partial charge in [-0.05, 0) is 136 Å². The summed E-state index contributed by atoms with van der Waals surface area (Å²) in [7, 11) is -3.67. The van der Waals surface area contributed by atoms with Crippen LogP contribution in [0.1, 0.15) is 60.7 Å². The maximum absolute atomic E-state index is 13.9. The van der Waals surface area contributed by atoms with Crippen LogP contribution in [0, 0.1) is 11.6 Å². The number of carbonyl (C=O) groups is 6. The largest absolute Gasteiger partial charge is 0.529 e. The maximum atomic E-state index is 13.9. The number of H-pyrrole nitrogens is 2. The second kappa shape index (κ2) is 31.7. The molecule has 3 aliphatic heterocycles. The van der Waals surface area contributed by atoms with Crippen molar-refractivity contribution in [2.24, 2.45) is 0 Å². The van der Waals surface area contributed by atoms with Gasteiger partial charge in [0, 0.05) is 45.3 Å². The number of rotatable bonds is 15. The highest BCUT2D eigenvalue weighted by Gasteiger charge is 2.44. The molecule has 0 radical (unpaired) electrons. The predicted octanol–water partition coefficient (Wildman–Crippen LogP) is 11.1. The number of nitrogens with zero attached hydrogens (tertiary/aromatic N) is 3. The highest BCUT2D eigenvalue weighted by Crippen LogP contribution is 2.32. The number of benzene rings is 4. The van der Waals surface area contributed by atoms with Gasteiger partial charge in [-0.1, -0.05) is 58.0 Å². The molecule has 9 rings (SSSR count). The molecule has 4 aromatic carbocycles. The highest BCUT2D eigenvalue weighted by atomic mass is 35.5. The molecule has 468 valence electrons. The van der Waals surface area contributed by atoms with E-state index in [0.717, 1.165) is 17.3 Å². The van der Waals surface area contributed by atoms with Crippen molar-refractivity contribution in [1.29, 1.82) is 0 Å². The SMILES string of the molecule is C[Si](C)(C)Oc1ncc(F)c(O[Si](C)(C)C)n1.O=C(OC[C@H]1OC(Cl)C[C@@H]1OC(=O)c1ccc(Cl)cc1)c1ccc(Cl)cc1.O=C1CC(=O)N([C@H]2C[C@H](OC(=O)c3ccc(Cl)cc3)[C@@H](COC(=O)c3ccc(Cl)cc3)O2)C=C1F.O=c1[nH]cc(F)c(=O)[nH]1. The predicted molar refractivity (Wildman–Crippen MR) is 320 cm³/mol. The van der Waals surface area contributed by atoms with E-state index in [0.29, 0.717) is 43.8 Å². The van der Waals surface area contributed by atoms with Gasteiger partial charge in [-0.25, -0.2) is 33.3 Å². The Morgan fingerprint density at radius 1 is 0.614 bits per heavy atom. The van der Waals surface area contributed by atoms with E-state index < -0.39 is 124 Å². The molecular formula is C57H55Cl5F3N5O16Si2. The molecule has 88 heavy (non-hydrogen) atoms. The zero-order valence-corrected chi connectivity index (χ0v) is 53.1. The quantitative estimate of drug-likeness (QED) is 0.0318. The van der Waals surface area contributed by atoms with E-state index in [9.17, 15) is 51.5 Å². The number of allylic oxidation sites excluding steroid dienone is 1. The first-order valence-electron chi connectivity index (χ1n) is 26.2. The molecule has 0 bridgehead atoms. The molecule has 0 spiro atoms. The lowest BCUT2D eigenvalue weighted by molar-refractivity contribution is -0.145. The molecule has 2 N–H and O–H groups in total. The van der Waals surface area contributed by atoms with Crippen LogP contribution in [0.5, 0.6) is 11.9 Å². The first kappa shape index (κ1) is 69.7. The Bertz CT molecular complexity index is 3600. The monoisotopic (exact) mass is 1350 g/mol. The number of aromatic amines is 2. The third-order valence-corrected chi connectivity index (χ3v) is 14.5. The fourth-order valence-electron chi connectivity index (χ4n) is 7.56. The minimum absolute atomic E-state index is 0.00702. The van der Waals surface area contributed by atoms with Gasteiger partial charge in [-0.3, -0.25) is 24.3 Å². The van der Waals surface area contributed by atoms with E-state index in [4.69, 9.17) is 95.3 Å². The summed E-state index contributed by atoms with van der Waals surface area (Å²) in [6.45, 7) is 11.5. The Labute approximate surface area is 527 Å². The van der Waals surface area contributed by atoms with E-state index >= 15 is 0 Å². The van der Waals surface area contributed by atoms with Crippen LogP contribution < -0.4 is 20.1 Å². The zero-order chi connectivity index (χ0) is 64.6. The first-order valence-corrected chi connectivity index (χ1v) is 35.0. The second-order valence-corrected chi connectivity index (χ2v) is 31.9. The number of hydrogen-bond donors (Lipinski definition) is 2. The molecule has 5 heterocycles. The van der Waals surface area contributed by atoms with Gasteiger partial charge in [0.25, 0.3) is 5.56 Å². The fourth-order valence-corrected chi connectivity index (χ4v) is 9.74. The molecular weight excluding hydrogens is 1300 g/mol. The molecule has 1 unspecified atom stereocenters. The van der Waals surface area contributed by atoms with E-state index in [1.165, 1.54) is 48.5 Å². The van der Waals surface area contributed by atoms with Crippen molar-refractivity contribution in [1.82, 2.24) is 24.8 Å². The van der Waals surface area contributed by atoms with Crippen molar-refractivity contribution < 1.29 is 79.2 Å². The Kier molecular flexibility index (Phi) is 25.1. The lowest BCUT2D eigenvalue weighted by Gasteiger charge is -2.27. The summed E-state index contributed by atoms with van der Waals surface area (Å²) in [5.74, 6) is -6.63. The third-order valence-electron chi connectivity index (χ3n) is 11.6. The van der Waals surface area contributed by atoms with E-state index in [2.05, 4.69) is 9.97 Å². The van der Waals surface area contributed by atoms with E-state index in [1.807, 2.05) is 44.3 Å². The number of alkyl halides is 1. The Morgan fingerprint density at radius 2 is 1.05 bits per heavy atom. The number of ketones is 1. The molecule has 2 fully saturated rings. The lowest BCUT2D eigenvalue weighted by atomic mass is 10.1. The topological polar surface area (TPSA) is 271 Å². The van der Waals surface area contributed by atoms with Gasteiger partial charge in [-0.2, -0.15) is 13.8 Å². The van der Waals surface area contributed by atoms with Gasteiger partial charge in [0.05, 0.1) is 34.9 Å². The van der Waals surface area contributed by atoms with E-state index in [1.54, 1.807) is 53.5 Å². The molecule has 6 aromatic rings. The van der Waals surface area contributed by atoms with Gasteiger partial charge in [0.2, 0.25) is 45.8 Å². The molecule has 1 amide bonds. The molecule has 2 saturated heterocycles. The summed E-state index contributed by atoms with van der Waals surface area (Å²) in [6, 6.07) is 24.8. The molecule has 6 atom stereocenters. The van der Waals surface area contributed by atoms with Crippen LogP contribution in [-0.2, 0) is 38.0 Å². The number of amides is 1. The Hall–Kier alpha value is -7.41. The summed E-state index contributed by atoms with van der Waals surface area (Å²) in [6.07, 6.45) is -2.04. The van der Waals surface area contributed by atoms with Crippen LogP contribution in [-0.4, -0.2) is 126 Å². The number of halogens is 8. The van der Waals surface area contributed by atoms with Gasteiger partial charge < -0.3 is 42.3 Å². The van der Waals surface area contributed by atoms with Gasteiger partial charge in [0.15, 0.2) is 5.83 Å². The summed E-state index contributed by atoms with van der Waals surface area (Å²) in [4.78, 5) is 106. The molecule has 2 aromatic heterocycles. The maximum Gasteiger partial charge on any atom is 0.338 e. The summed E-state index contributed by atoms with van der Waals surface area (Å²) in [5, 5.41) is 1.92. The van der Waals surface area contributed by atoms with Gasteiger partial charge >= 0.3 is 35.6 Å². The number of ether oxygens (including phenoxy) is 6. The van der Waals surface area contributed by atoms with Crippen LogP contribution in [0.15, 0.2) is 131 Å². The van der Waals surface area contributed by atoms with Crippen LogP contribution in [0.2, 0.25) is 59.4 Å². The zero-order valence-electron chi connectivity index (χ0n) is 47.4. The smallest absolute Gasteiger partial charge is 0.338 e. The van der Waals surface area contributed by atoms with Crippen LogP contribution >= 0.6 is 58.0 Å². The standard InChI is InChI=1S/C24H18Cl2FNO7.C19H15Cl3O5.C10H19FN2O2Si2.C4H3FN2O2/c25-15-5-1-13(2-6-15)23(31)33-12-20-19(35-24(32)14-3-7-16(26)8-4-14)10-22(34-20)28-11-17(27)18(29)9-21(28)30;20-13-5-1-11(2-6-13)18(23)25-10-16-15(9-17(22)26-16)27-19(24)12-3-7-14(21)8-4-12;1-16(2,3)14-9-8(11)7-12-10(13-9)15-17(4,5)6;5-2-1-6-4(9)7-3(2)8/h1-8,11,19-20,22H,9-10,12H2;1-8,15-17H,9-10H2;7H,1-6H3;1H,(H2,6,7,8,9)/t19-,20+,22+;15-,16+,17?;;/m00../s1. The summed E-state index contributed by atoms with van der Waals surface area (Å²) < 4.78 is 83.4. The van der Waals surface area contributed by atoms with Gasteiger partial charge in [0.1, 0.15) is 49.4 Å². The average Bonchev–Trinajstić information content (AvgIpc) is 2.33. The Morgan fingerprint density at radius 3 is 1.48 bits per heavy atom. The number of Topliss-reactive ketones (excluding diaryl/α,β-unsaturated/α-hetero) is 1. The van der Waals surface area contributed by atoms with Crippen LogP contribution in [0.3, 0.4) is 0 Å². The van der Waals surface area contributed by atoms with Crippen molar-refractivity contribution in [2.45, 2.75) is 94.8 Å². The number of esters is 4. The number of aromatic nitrogens is 4. The van der Waals surface area contributed by atoms with Crippen molar-refractivity contribution in [3.8, 4) is 11.9 Å². The Balaban J connectivity index is 0.000000205. The lowest BCUT2D eigenvalue weighted by Crippen LogP contribution is -2.40. The van der Waals surface area contributed by atoms with Crippen molar-refractivity contribution in [2.75, 3.05) is 13.2 Å². The molecule has 3 aliphatic rings. The molecule has 31 heteroatoms. The summed E-state index contributed by atoms with van der Waals surface area (Å²) >= 11 is 29.3. The average molecular weight is 1360 g/mol. The fraction of sp³-hybridized carbons (Fsp3) is 0.298. The van der Waals surface area contributed by atoms with E-state index in [-0.39, 0.29) is 42.7 Å².